The Hall–Kier alpha value is -3.20. The minimum atomic E-state index is -0.457. The number of aryl methyl sites for hydroxylation is 1. The molecule has 0 bridgehead atoms. The first-order valence-corrected chi connectivity index (χ1v) is 9.84. The zero-order chi connectivity index (χ0) is 21.1. The molecule has 0 aliphatic rings. The average molecular weight is 414 g/mol. The van der Waals surface area contributed by atoms with E-state index in [1.165, 1.54) is 11.3 Å². The third-order valence-corrected chi connectivity index (χ3v) is 5.62. The molecule has 1 N–H and O–H groups in total. The zero-order valence-electron chi connectivity index (χ0n) is 16.9. The second-order valence-corrected chi connectivity index (χ2v) is 7.52. The van der Waals surface area contributed by atoms with E-state index < -0.39 is 11.9 Å². The standard InChI is InChI=1S/C20H22N4O4S/c1-6-28-20(26)16-11(2)13(4)29-19(16)21-18(25)17-12(3)24(23-22-17)14-8-7-9-15(10-14)27-5/h7-10H,6H2,1-5H3,(H,21,25). The summed E-state index contributed by atoms with van der Waals surface area (Å²) in [6.45, 7) is 7.48. The van der Waals surface area contributed by atoms with Gasteiger partial charge in [-0.1, -0.05) is 11.3 Å². The third-order valence-electron chi connectivity index (χ3n) is 4.50. The molecule has 2 heterocycles. The van der Waals surface area contributed by atoms with Gasteiger partial charge in [0.2, 0.25) is 0 Å². The molecule has 0 aliphatic heterocycles. The fraction of sp³-hybridized carbons (Fsp3) is 0.300. The van der Waals surface area contributed by atoms with Crippen molar-refractivity contribution in [2.45, 2.75) is 27.7 Å². The second kappa shape index (κ2) is 8.44. The fourth-order valence-electron chi connectivity index (χ4n) is 2.85. The number of rotatable bonds is 6. The largest absolute Gasteiger partial charge is 0.497 e. The molecule has 2 aromatic heterocycles. The molecule has 0 saturated heterocycles. The average Bonchev–Trinajstić information content (AvgIpc) is 3.21. The molecule has 0 spiro atoms. The molecule has 0 saturated carbocycles. The van der Waals surface area contributed by atoms with Crippen LogP contribution in [0, 0.1) is 20.8 Å². The predicted molar refractivity (Wildman–Crippen MR) is 110 cm³/mol. The van der Waals surface area contributed by atoms with Gasteiger partial charge in [0.15, 0.2) is 5.69 Å². The zero-order valence-corrected chi connectivity index (χ0v) is 17.7. The summed E-state index contributed by atoms with van der Waals surface area (Å²) in [5, 5.41) is 11.4. The number of thiophene rings is 1. The van der Waals surface area contributed by atoms with Crippen LogP contribution in [0.15, 0.2) is 24.3 Å². The molecule has 0 unspecified atom stereocenters. The molecule has 152 valence electrons. The van der Waals surface area contributed by atoms with E-state index in [0.29, 0.717) is 22.0 Å². The van der Waals surface area contributed by atoms with E-state index in [1.807, 2.05) is 32.0 Å². The van der Waals surface area contributed by atoms with Gasteiger partial charge in [-0.25, -0.2) is 9.48 Å². The molecule has 9 heteroatoms. The number of aromatic nitrogens is 3. The van der Waals surface area contributed by atoms with Crippen molar-refractivity contribution in [3.63, 3.8) is 0 Å². The molecule has 3 rings (SSSR count). The lowest BCUT2D eigenvalue weighted by Gasteiger charge is -2.07. The Bertz CT molecular complexity index is 1070. The highest BCUT2D eigenvalue weighted by Gasteiger charge is 2.24. The molecule has 0 aliphatic carbocycles. The molecule has 29 heavy (non-hydrogen) atoms. The first kappa shape index (κ1) is 20.5. The number of esters is 1. The van der Waals surface area contributed by atoms with E-state index in [9.17, 15) is 9.59 Å². The summed E-state index contributed by atoms with van der Waals surface area (Å²) in [5.41, 5.74) is 2.63. The van der Waals surface area contributed by atoms with Crippen LogP contribution in [0.1, 0.15) is 43.9 Å². The summed E-state index contributed by atoms with van der Waals surface area (Å²) in [6.07, 6.45) is 0. The van der Waals surface area contributed by atoms with Crippen LogP contribution in [0.4, 0.5) is 5.00 Å². The maximum atomic E-state index is 12.9. The number of nitrogens with one attached hydrogen (secondary N) is 1. The number of amides is 1. The summed E-state index contributed by atoms with van der Waals surface area (Å²) in [4.78, 5) is 26.1. The van der Waals surface area contributed by atoms with Crippen LogP contribution in [0.3, 0.4) is 0 Å². The van der Waals surface area contributed by atoms with Gasteiger partial charge in [-0.15, -0.1) is 16.4 Å². The summed E-state index contributed by atoms with van der Waals surface area (Å²) in [6, 6.07) is 7.30. The number of carbonyl (C=O) groups is 2. The number of nitrogens with zero attached hydrogens (tertiary/aromatic N) is 3. The van der Waals surface area contributed by atoms with Gasteiger partial charge in [0.05, 0.1) is 30.7 Å². The third kappa shape index (κ3) is 4.00. The Kier molecular flexibility index (Phi) is 5.97. The monoisotopic (exact) mass is 414 g/mol. The number of benzene rings is 1. The molecule has 1 amide bonds. The topological polar surface area (TPSA) is 95.3 Å². The van der Waals surface area contributed by atoms with E-state index in [-0.39, 0.29) is 12.3 Å². The van der Waals surface area contributed by atoms with Crippen LogP contribution in [0.5, 0.6) is 5.75 Å². The highest BCUT2D eigenvalue weighted by Crippen LogP contribution is 2.33. The number of carbonyl (C=O) groups excluding carboxylic acids is 2. The van der Waals surface area contributed by atoms with E-state index >= 15 is 0 Å². The van der Waals surface area contributed by atoms with Crippen molar-refractivity contribution < 1.29 is 19.1 Å². The highest BCUT2D eigenvalue weighted by atomic mass is 32.1. The molecule has 8 nitrogen and oxygen atoms in total. The lowest BCUT2D eigenvalue weighted by atomic mass is 10.1. The Balaban J connectivity index is 1.91. The number of methoxy groups -OCH3 is 1. The summed E-state index contributed by atoms with van der Waals surface area (Å²) >= 11 is 1.33. The lowest BCUT2D eigenvalue weighted by molar-refractivity contribution is 0.0527. The van der Waals surface area contributed by atoms with Crippen LogP contribution >= 0.6 is 11.3 Å². The van der Waals surface area contributed by atoms with Gasteiger partial charge in [0.1, 0.15) is 10.8 Å². The van der Waals surface area contributed by atoms with Gasteiger partial charge in [0.25, 0.3) is 5.91 Å². The van der Waals surface area contributed by atoms with E-state index in [2.05, 4.69) is 15.6 Å². The molecular formula is C20H22N4O4S. The molecule has 1 aromatic carbocycles. The van der Waals surface area contributed by atoms with Gasteiger partial charge in [-0.2, -0.15) is 0 Å². The van der Waals surface area contributed by atoms with Gasteiger partial charge >= 0.3 is 5.97 Å². The summed E-state index contributed by atoms with van der Waals surface area (Å²) in [5.74, 6) is -0.225. The van der Waals surface area contributed by atoms with E-state index in [0.717, 1.165) is 16.1 Å². The molecule has 0 radical (unpaired) electrons. The van der Waals surface area contributed by atoms with Gasteiger partial charge in [0, 0.05) is 10.9 Å². The lowest BCUT2D eigenvalue weighted by Crippen LogP contribution is -2.16. The Labute approximate surface area is 172 Å². The summed E-state index contributed by atoms with van der Waals surface area (Å²) in [7, 11) is 1.58. The number of hydrogen-bond donors (Lipinski definition) is 1. The number of ether oxygens (including phenoxy) is 2. The van der Waals surface area contributed by atoms with Crippen LogP contribution in [-0.2, 0) is 4.74 Å². The van der Waals surface area contributed by atoms with Gasteiger partial charge in [-0.3, -0.25) is 4.79 Å². The Morgan fingerprint density at radius 2 is 2.00 bits per heavy atom. The first-order chi connectivity index (χ1) is 13.9. The predicted octanol–water partition coefficient (Wildman–Crippen LogP) is 3.69. The SMILES string of the molecule is CCOC(=O)c1c(NC(=O)c2nnn(-c3cccc(OC)c3)c2C)sc(C)c1C. The van der Waals surface area contributed by atoms with Gasteiger partial charge < -0.3 is 14.8 Å². The second-order valence-electron chi connectivity index (χ2n) is 6.30. The van der Waals surface area contributed by atoms with Crippen LogP contribution < -0.4 is 10.1 Å². The number of hydrogen-bond acceptors (Lipinski definition) is 7. The number of anilines is 1. The van der Waals surface area contributed by atoms with Crippen molar-refractivity contribution >= 4 is 28.2 Å². The van der Waals surface area contributed by atoms with Crippen molar-refractivity contribution in [3.8, 4) is 11.4 Å². The smallest absolute Gasteiger partial charge is 0.341 e. The quantitative estimate of drug-likeness (QED) is 0.618. The Morgan fingerprint density at radius 1 is 1.24 bits per heavy atom. The van der Waals surface area contributed by atoms with E-state index in [4.69, 9.17) is 9.47 Å². The minimum Gasteiger partial charge on any atom is -0.497 e. The minimum absolute atomic E-state index is 0.173. The van der Waals surface area contributed by atoms with Crippen LogP contribution in [-0.4, -0.2) is 40.6 Å². The molecule has 0 atom stereocenters. The Morgan fingerprint density at radius 3 is 2.69 bits per heavy atom. The maximum Gasteiger partial charge on any atom is 0.341 e. The highest BCUT2D eigenvalue weighted by molar-refractivity contribution is 7.16. The van der Waals surface area contributed by atoms with Crippen molar-refractivity contribution in [1.29, 1.82) is 0 Å². The molecule has 3 aromatic rings. The van der Waals surface area contributed by atoms with E-state index in [1.54, 1.807) is 31.7 Å². The van der Waals surface area contributed by atoms with Crippen molar-refractivity contribution in [1.82, 2.24) is 15.0 Å². The summed E-state index contributed by atoms with van der Waals surface area (Å²) < 4.78 is 11.9. The maximum absolute atomic E-state index is 12.9. The van der Waals surface area contributed by atoms with Crippen LogP contribution in [0.25, 0.3) is 5.69 Å². The van der Waals surface area contributed by atoms with Crippen molar-refractivity contribution in [3.05, 3.63) is 51.7 Å². The fourth-order valence-corrected chi connectivity index (χ4v) is 3.90. The van der Waals surface area contributed by atoms with Crippen LogP contribution in [0.2, 0.25) is 0 Å². The normalized spacial score (nSPS) is 10.7. The van der Waals surface area contributed by atoms with Crippen molar-refractivity contribution in [2.75, 3.05) is 19.0 Å². The van der Waals surface area contributed by atoms with Crippen molar-refractivity contribution in [2.24, 2.45) is 0 Å². The molecule has 0 fully saturated rings. The first-order valence-electron chi connectivity index (χ1n) is 9.02. The van der Waals surface area contributed by atoms with Gasteiger partial charge in [-0.05, 0) is 45.4 Å². The molecular weight excluding hydrogens is 392 g/mol.